The molecule has 0 radical (unpaired) electrons. The van der Waals surface area contributed by atoms with E-state index in [0.717, 1.165) is 38.9 Å². The van der Waals surface area contributed by atoms with Crippen LogP contribution in [0.4, 0.5) is 0 Å². The van der Waals surface area contributed by atoms with Crippen LogP contribution in [0.15, 0.2) is 79.0 Å². The maximum absolute atomic E-state index is 11.6. The summed E-state index contributed by atoms with van der Waals surface area (Å²) >= 11 is 0. The number of aromatic nitrogens is 3. The summed E-state index contributed by atoms with van der Waals surface area (Å²) in [5.41, 5.74) is 2.76. The van der Waals surface area contributed by atoms with E-state index in [2.05, 4.69) is 63.5 Å². The van der Waals surface area contributed by atoms with E-state index in [1.165, 1.54) is 11.1 Å². The molecule has 1 aliphatic heterocycles. The van der Waals surface area contributed by atoms with Gasteiger partial charge in [-0.2, -0.15) is 0 Å². The van der Waals surface area contributed by atoms with Crippen LogP contribution in [-0.2, 0) is 14.9 Å². The Morgan fingerprint density at radius 2 is 1.64 bits per heavy atom. The normalized spacial score (nSPS) is 17.5. The summed E-state index contributed by atoms with van der Waals surface area (Å²) in [7, 11) is 0. The molecule has 0 amide bonds. The maximum atomic E-state index is 11.6. The molecule has 0 unspecified atom stereocenters. The number of hydrogen-bond acceptors (Lipinski definition) is 6. The molecular formula is C31H34N4O4. The van der Waals surface area contributed by atoms with Gasteiger partial charge in [-0.05, 0) is 49.3 Å². The standard InChI is InChI=1S/C31H34N4O4/c36-30(37)31(16-17-31)26-22-35-27(32-26)12-13-28(33-35)38-21-7-18-34-19-14-25(15-20-34)39-29(23-8-3-1-4-9-23)24-10-5-2-6-11-24/h1-6,8-13,22,25,29H,7,14-21H2,(H,36,37). The van der Waals surface area contributed by atoms with Crippen molar-refractivity contribution < 1.29 is 19.4 Å². The monoisotopic (exact) mass is 526 g/mol. The number of fused-ring (bicyclic) bond motifs is 1. The zero-order valence-corrected chi connectivity index (χ0v) is 22.0. The highest BCUT2D eigenvalue weighted by Crippen LogP contribution is 2.47. The fourth-order valence-corrected chi connectivity index (χ4v) is 5.41. The zero-order chi connectivity index (χ0) is 26.7. The van der Waals surface area contributed by atoms with Gasteiger partial charge in [0.25, 0.3) is 0 Å². The van der Waals surface area contributed by atoms with Crippen molar-refractivity contribution in [3.63, 3.8) is 0 Å². The minimum absolute atomic E-state index is 0.0484. The van der Waals surface area contributed by atoms with Gasteiger partial charge in [0.1, 0.15) is 11.5 Å². The topological polar surface area (TPSA) is 89.2 Å². The summed E-state index contributed by atoms with van der Waals surface area (Å²) < 4.78 is 14.2. The van der Waals surface area contributed by atoms with Crippen LogP contribution in [0, 0.1) is 0 Å². The smallest absolute Gasteiger partial charge is 0.315 e. The van der Waals surface area contributed by atoms with Gasteiger partial charge in [0.05, 0.1) is 24.6 Å². The minimum atomic E-state index is -0.836. The van der Waals surface area contributed by atoms with Gasteiger partial charge in [-0.3, -0.25) is 4.79 Å². The molecule has 202 valence electrons. The van der Waals surface area contributed by atoms with E-state index in [1.54, 1.807) is 16.8 Å². The Balaban J connectivity index is 0.967. The van der Waals surface area contributed by atoms with E-state index < -0.39 is 11.4 Å². The minimum Gasteiger partial charge on any atom is -0.481 e. The number of likely N-dealkylation sites (tertiary alicyclic amines) is 1. The molecule has 4 aromatic rings. The molecule has 1 N–H and O–H groups in total. The van der Waals surface area contributed by atoms with Gasteiger partial charge in [-0.25, -0.2) is 9.50 Å². The van der Waals surface area contributed by atoms with Gasteiger partial charge in [0, 0.05) is 25.7 Å². The van der Waals surface area contributed by atoms with E-state index in [4.69, 9.17) is 9.47 Å². The van der Waals surface area contributed by atoms with Gasteiger partial charge in [0.2, 0.25) is 5.88 Å². The lowest BCUT2D eigenvalue weighted by molar-refractivity contribution is -0.140. The molecule has 2 aliphatic rings. The van der Waals surface area contributed by atoms with Crippen LogP contribution in [0.25, 0.3) is 5.65 Å². The molecule has 6 rings (SSSR count). The Bertz CT molecular complexity index is 1360. The first-order valence-electron chi connectivity index (χ1n) is 13.8. The largest absolute Gasteiger partial charge is 0.481 e. The Hall–Kier alpha value is -3.75. The Morgan fingerprint density at radius 3 is 2.26 bits per heavy atom. The molecule has 0 atom stereocenters. The molecule has 1 saturated heterocycles. The van der Waals surface area contributed by atoms with E-state index in [9.17, 15) is 9.90 Å². The van der Waals surface area contributed by atoms with Crippen molar-refractivity contribution in [1.29, 1.82) is 0 Å². The molecule has 0 bridgehead atoms. The molecule has 2 aromatic heterocycles. The molecular weight excluding hydrogens is 492 g/mol. The third-order valence-electron chi connectivity index (χ3n) is 7.88. The quantitative estimate of drug-likeness (QED) is 0.279. The number of carboxylic acid groups (broad SMARTS) is 1. The van der Waals surface area contributed by atoms with Crippen molar-refractivity contribution in [1.82, 2.24) is 19.5 Å². The first-order valence-corrected chi connectivity index (χ1v) is 13.8. The van der Waals surface area contributed by atoms with Crippen LogP contribution in [-0.4, -0.2) is 62.9 Å². The van der Waals surface area contributed by atoms with Crippen LogP contribution in [0.1, 0.15) is 55.0 Å². The van der Waals surface area contributed by atoms with Gasteiger partial charge in [-0.1, -0.05) is 60.7 Å². The number of aliphatic carboxylic acids is 1. The summed E-state index contributed by atoms with van der Waals surface area (Å²) in [5, 5.41) is 14.0. The zero-order valence-electron chi connectivity index (χ0n) is 22.0. The lowest BCUT2D eigenvalue weighted by Crippen LogP contribution is -2.38. The van der Waals surface area contributed by atoms with E-state index >= 15 is 0 Å². The first-order chi connectivity index (χ1) is 19.1. The average molecular weight is 527 g/mol. The van der Waals surface area contributed by atoms with Crippen LogP contribution >= 0.6 is 0 Å². The second-order valence-corrected chi connectivity index (χ2v) is 10.6. The average Bonchev–Trinajstić information content (AvgIpc) is 3.69. The molecule has 3 heterocycles. The molecule has 2 aromatic carbocycles. The number of carboxylic acids is 1. The van der Waals surface area contributed by atoms with Gasteiger partial charge < -0.3 is 19.5 Å². The summed E-state index contributed by atoms with van der Waals surface area (Å²) in [4.78, 5) is 18.6. The number of ether oxygens (including phenoxy) is 2. The fraction of sp³-hybridized carbons (Fsp3) is 0.387. The van der Waals surface area contributed by atoms with Crippen molar-refractivity contribution in [2.24, 2.45) is 0 Å². The van der Waals surface area contributed by atoms with Crippen LogP contribution < -0.4 is 4.74 Å². The maximum Gasteiger partial charge on any atom is 0.315 e. The lowest BCUT2D eigenvalue weighted by Gasteiger charge is -2.34. The van der Waals surface area contributed by atoms with E-state index in [0.29, 0.717) is 36.7 Å². The Morgan fingerprint density at radius 1 is 0.974 bits per heavy atom. The second-order valence-electron chi connectivity index (χ2n) is 10.6. The third kappa shape index (κ3) is 5.67. The van der Waals surface area contributed by atoms with Crippen molar-refractivity contribution >= 4 is 11.6 Å². The summed E-state index contributed by atoms with van der Waals surface area (Å²) in [6, 6.07) is 24.6. The van der Waals surface area contributed by atoms with Gasteiger partial charge in [0.15, 0.2) is 5.65 Å². The summed E-state index contributed by atoms with van der Waals surface area (Å²) in [5.74, 6) is -0.295. The number of hydrogen-bond donors (Lipinski definition) is 1. The molecule has 39 heavy (non-hydrogen) atoms. The highest BCUT2D eigenvalue weighted by Gasteiger charge is 2.53. The molecule has 0 spiro atoms. The number of carbonyl (C=O) groups is 1. The van der Waals surface area contributed by atoms with Gasteiger partial charge >= 0.3 is 5.97 Å². The fourth-order valence-electron chi connectivity index (χ4n) is 5.41. The molecule has 1 saturated carbocycles. The van der Waals surface area contributed by atoms with Crippen LogP contribution in [0.2, 0.25) is 0 Å². The molecule has 8 nitrogen and oxygen atoms in total. The van der Waals surface area contributed by atoms with Crippen LogP contribution in [0.3, 0.4) is 0 Å². The summed E-state index contributed by atoms with van der Waals surface area (Å²) in [6.45, 7) is 3.55. The third-order valence-corrected chi connectivity index (χ3v) is 7.88. The van der Waals surface area contributed by atoms with Crippen molar-refractivity contribution in [3.05, 3.63) is 95.8 Å². The Labute approximate surface area is 228 Å². The highest BCUT2D eigenvalue weighted by atomic mass is 16.5. The van der Waals surface area contributed by atoms with Crippen molar-refractivity contribution in [2.45, 2.75) is 49.7 Å². The number of benzene rings is 2. The van der Waals surface area contributed by atoms with Crippen molar-refractivity contribution in [3.8, 4) is 5.88 Å². The predicted molar refractivity (Wildman–Crippen MR) is 147 cm³/mol. The predicted octanol–water partition coefficient (Wildman–Crippen LogP) is 4.89. The number of rotatable bonds is 11. The summed E-state index contributed by atoms with van der Waals surface area (Å²) in [6.07, 6.45) is 6.07. The first kappa shape index (κ1) is 25.5. The highest BCUT2D eigenvalue weighted by molar-refractivity contribution is 5.84. The van der Waals surface area contributed by atoms with Gasteiger partial charge in [-0.15, -0.1) is 5.10 Å². The van der Waals surface area contributed by atoms with E-state index in [1.807, 2.05) is 18.2 Å². The molecule has 1 aliphatic carbocycles. The number of piperidine rings is 1. The van der Waals surface area contributed by atoms with E-state index in [-0.39, 0.29) is 12.2 Å². The Kier molecular flexibility index (Phi) is 7.30. The number of imidazole rings is 1. The van der Waals surface area contributed by atoms with Crippen LogP contribution in [0.5, 0.6) is 5.88 Å². The van der Waals surface area contributed by atoms with Crippen molar-refractivity contribution in [2.75, 3.05) is 26.2 Å². The molecule has 8 heteroatoms. The SMILES string of the molecule is O=C(O)C1(c2cn3nc(OCCCN4CCC(OC(c5ccccc5)c5ccccc5)CC4)ccc3n2)CC1. The second kappa shape index (κ2) is 11.2. The molecule has 2 fully saturated rings. The lowest BCUT2D eigenvalue weighted by atomic mass is 10.00. The number of nitrogens with zero attached hydrogens (tertiary/aromatic N) is 4.